The van der Waals surface area contributed by atoms with Crippen LogP contribution in [0.15, 0.2) is 106 Å². The van der Waals surface area contributed by atoms with E-state index in [-0.39, 0.29) is 0 Å². The quantitative estimate of drug-likeness (QED) is 0.236. The van der Waals surface area contributed by atoms with Crippen LogP contribution in [0.25, 0.3) is 23.3 Å². The molecule has 2 aliphatic carbocycles. The van der Waals surface area contributed by atoms with Crippen molar-refractivity contribution in [3.05, 3.63) is 139 Å². The summed E-state index contributed by atoms with van der Waals surface area (Å²) in [6.07, 6.45) is 5.82. The van der Waals surface area contributed by atoms with Gasteiger partial charge in [-0.1, -0.05) is 117 Å². The summed E-state index contributed by atoms with van der Waals surface area (Å²) >= 11 is 7.62. The Kier molecular flexibility index (Phi) is 5.44. The fraction of sp³-hybridized carbons (Fsp3) is 0.0968. The lowest BCUT2D eigenvalue weighted by Crippen LogP contribution is -2.07. The number of hydrogen-bond acceptors (Lipinski definition) is 0. The monoisotopic (exact) mass is 552 g/mol. The molecule has 0 amide bonds. The van der Waals surface area contributed by atoms with Crippen LogP contribution in [0.5, 0.6) is 0 Å². The molecule has 6 rings (SSSR count). The molecule has 4 aromatic rings. The lowest BCUT2D eigenvalue weighted by Gasteiger charge is -2.25. The first-order chi connectivity index (χ1) is 16.2. The third-order valence-electron chi connectivity index (χ3n) is 6.96. The number of halogens is 2. The highest BCUT2D eigenvalue weighted by Gasteiger charge is 2.34. The van der Waals surface area contributed by atoms with Crippen molar-refractivity contribution in [1.29, 1.82) is 0 Å². The van der Waals surface area contributed by atoms with Gasteiger partial charge in [0.05, 0.1) is 0 Å². The van der Waals surface area contributed by atoms with Crippen LogP contribution < -0.4 is 0 Å². The number of hydrogen-bond donors (Lipinski definition) is 0. The Labute approximate surface area is 212 Å². The highest BCUT2D eigenvalue weighted by molar-refractivity contribution is 9.10. The smallest absolute Gasteiger partial charge is 0.0250 e. The van der Waals surface area contributed by atoms with E-state index in [1.54, 1.807) is 0 Å². The van der Waals surface area contributed by atoms with Gasteiger partial charge < -0.3 is 0 Å². The molecule has 0 saturated heterocycles. The van der Waals surface area contributed by atoms with Crippen LogP contribution in [0.2, 0.25) is 0 Å². The molecule has 0 nitrogen and oxygen atoms in total. The summed E-state index contributed by atoms with van der Waals surface area (Å²) in [7, 11) is 0. The van der Waals surface area contributed by atoms with Crippen molar-refractivity contribution >= 4 is 55.2 Å². The van der Waals surface area contributed by atoms with Crippen LogP contribution in [0.4, 0.5) is 0 Å². The molecule has 0 aromatic heterocycles. The third-order valence-corrected chi connectivity index (χ3v) is 8.34. The number of fused-ring (bicyclic) bond motifs is 2. The van der Waals surface area contributed by atoms with Gasteiger partial charge in [0.25, 0.3) is 0 Å². The van der Waals surface area contributed by atoms with E-state index in [4.69, 9.17) is 0 Å². The van der Waals surface area contributed by atoms with Crippen molar-refractivity contribution < 1.29 is 0 Å². The molecule has 0 N–H and O–H groups in total. The molecular formula is C31H22Br2. The highest BCUT2D eigenvalue weighted by Crippen LogP contribution is 2.54. The van der Waals surface area contributed by atoms with Gasteiger partial charge in [-0.25, -0.2) is 0 Å². The Hall–Kier alpha value is -2.68. The second-order valence-electron chi connectivity index (χ2n) is 8.76. The number of benzene rings is 4. The van der Waals surface area contributed by atoms with Crippen molar-refractivity contribution in [2.75, 3.05) is 0 Å². The predicted molar refractivity (Wildman–Crippen MR) is 147 cm³/mol. The molecule has 2 heteroatoms. The largest absolute Gasteiger partial charge is 0.0622 e. The van der Waals surface area contributed by atoms with Gasteiger partial charge in [0.15, 0.2) is 0 Å². The zero-order valence-electron chi connectivity index (χ0n) is 18.0. The van der Waals surface area contributed by atoms with E-state index < -0.39 is 0 Å². The van der Waals surface area contributed by atoms with Crippen LogP contribution in [0.1, 0.15) is 51.6 Å². The zero-order chi connectivity index (χ0) is 22.4. The maximum absolute atomic E-state index is 3.81. The van der Waals surface area contributed by atoms with Crippen molar-refractivity contribution in [3.63, 3.8) is 0 Å². The minimum absolute atomic E-state index is 0.335. The molecule has 2 aliphatic rings. The summed E-state index contributed by atoms with van der Waals surface area (Å²) < 4.78 is 2.34. The van der Waals surface area contributed by atoms with Gasteiger partial charge in [0.2, 0.25) is 0 Å². The van der Waals surface area contributed by atoms with Crippen LogP contribution in [0, 0.1) is 0 Å². The van der Waals surface area contributed by atoms with Gasteiger partial charge >= 0.3 is 0 Å². The van der Waals surface area contributed by atoms with E-state index in [0.717, 1.165) is 6.42 Å². The van der Waals surface area contributed by atoms with Gasteiger partial charge in [-0.3, -0.25) is 0 Å². The fourth-order valence-electron chi connectivity index (χ4n) is 5.44. The molecule has 0 radical (unpaired) electrons. The maximum Gasteiger partial charge on any atom is 0.0250 e. The summed E-state index contributed by atoms with van der Waals surface area (Å²) in [6.45, 7) is 0. The molecular weight excluding hydrogens is 532 g/mol. The van der Waals surface area contributed by atoms with E-state index in [9.17, 15) is 0 Å². The molecule has 0 fully saturated rings. The molecule has 2 atom stereocenters. The minimum Gasteiger partial charge on any atom is -0.0622 e. The number of allylic oxidation sites excluding steroid dienone is 2. The molecule has 0 bridgehead atoms. The fourth-order valence-corrected chi connectivity index (χ4v) is 6.43. The average Bonchev–Trinajstić information content (AvgIpc) is 3.41. The molecule has 2 unspecified atom stereocenters. The van der Waals surface area contributed by atoms with E-state index in [2.05, 4.69) is 141 Å². The summed E-state index contributed by atoms with van der Waals surface area (Å²) in [5.41, 5.74) is 10.9. The molecule has 0 aliphatic heterocycles. The first kappa shape index (κ1) is 20.9. The normalized spacial score (nSPS) is 18.5. The molecule has 0 heterocycles. The Bertz CT molecular complexity index is 1290. The molecule has 4 aromatic carbocycles. The summed E-state index contributed by atoms with van der Waals surface area (Å²) in [5, 5.41) is 0. The average molecular weight is 554 g/mol. The SMILES string of the molecule is Brc1cccc2c1C=C(c1ccccc1)C2CC1C(c2ccccc2)=Cc2c(Br)cccc21. The lowest BCUT2D eigenvalue weighted by molar-refractivity contribution is 0.706. The van der Waals surface area contributed by atoms with E-state index in [1.807, 2.05) is 0 Å². The van der Waals surface area contributed by atoms with E-state index in [1.165, 1.54) is 53.5 Å². The summed E-state index contributed by atoms with van der Waals surface area (Å²) in [5.74, 6) is 0.670. The molecule has 160 valence electrons. The van der Waals surface area contributed by atoms with Crippen molar-refractivity contribution in [2.24, 2.45) is 0 Å². The zero-order valence-corrected chi connectivity index (χ0v) is 21.2. The number of rotatable bonds is 4. The van der Waals surface area contributed by atoms with Crippen molar-refractivity contribution in [1.82, 2.24) is 0 Å². The Morgan fingerprint density at radius 3 is 1.33 bits per heavy atom. The first-order valence-corrected chi connectivity index (χ1v) is 12.9. The summed E-state index contributed by atoms with van der Waals surface area (Å²) in [4.78, 5) is 0. The van der Waals surface area contributed by atoms with E-state index >= 15 is 0 Å². The summed E-state index contributed by atoms with van der Waals surface area (Å²) in [6, 6.07) is 35.0. The Morgan fingerprint density at radius 1 is 0.485 bits per heavy atom. The predicted octanol–water partition coefficient (Wildman–Crippen LogP) is 9.58. The minimum atomic E-state index is 0.335. The topological polar surface area (TPSA) is 0 Å². The van der Waals surface area contributed by atoms with Crippen LogP contribution in [-0.2, 0) is 0 Å². The van der Waals surface area contributed by atoms with Gasteiger partial charge in [-0.15, -0.1) is 0 Å². The maximum atomic E-state index is 3.81. The second-order valence-corrected chi connectivity index (χ2v) is 10.5. The van der Waals surface area contributed by atoms with Gasteiger partial charge in [0, 0.05) is 20.8 Å². The van der Waals surface area contributed by atoms with Crippen LogP contribution in [0.3, 0.4) is 0 Å². The molecule has 0 spiro atoms. The van der Waals surface area contributed by atoms with Crippen LogP contribution in [-0.4, -0.2) is 0 Å². The molecule has 33 heavy (non-hydrogen) atoms. The van der Waals surface area contributed by atoms with Crippen LogP contribution >= 0.6 is 31.9 Å². The highest BCUT2D eigenvalue weighted by atomic mass is 79.9. The standard InChI is InChI=1S/C31H22Br2/c32-30-15-7-13-22-26(24(17-28(22)30)20-9-3-1-4-10-20)19-27-23-14-8-16-31(33)29(23)18-25(27)21-11-5-2-6-12-21/h1-18,26-27H,19H2. The lowest BCUT2D eigenvalue weighted by atomic mass is 9.78. The van der Waals surface area contributed by atoms with Crippen molar-refractivity contribution in [2.45, 2.75) is 18.3 Å². The van der Waals surface area contributed by atoms with Gasteiger partial charge in [0.1, 0.15) is 0 Å². The van der Waals surface area contributed by atoms with Gasteiger partial charge in [-0.2, -0.15) is 0 Å². The molecule has 0 saturated carbocycles. The first-order valence-electron chi connectivity index (χ1n) is 11.3. The van der Waals surface area contributed by atoms with Crippen molar-refractivity contribution in [3.8, 4) is 0 Å². The third kappa shape index (κ3) is 3.66. The second kappa shape index (κ2) is 8.59. The Morgan fingerprint density at radius 2 is 0.909 bits per heavy atom. The van der Waals surface area contributed by atoms with E-state index in [0.29, 0.717) is 11.8 Å². The van der Waals surface area contributed by atoms with Gasteiger partial charge in [-0.05, 0) is 75.2 Å². The Balaban J connectivity index is 1.48.